The first-order valence-corrected chi connectivity index (χ1v) is 5.03. The molecule has 0 amide bonds. The van der Waals surface area contributed by atoms with Gasteiger partial charge in [0.15, 0.2) is 0 Å². The molecule has 1 atom stereocenters. The molecule has 2 nitrogen and oxygen atoms in total. The molecule has 2 heteroatoms. The van der Waals surface area contributed by atoms with Crippen molar-refractivity contribution in [2.24, 2.45) is 11.3 Å². The van der Waals surface area contributed by atoms with E-state index in [1.54, 1.807) is 0 Å². The largest absolute Gasteiger partial charge is 0.466 e. The molecule has 0 aromatic carbocycles. The Morgan fingerprint density at radius 3 is 2.31 bits per heavy atom. The maximum Gasteiger partial charge on any atom is 0.308 e. The third-order valence-corrected chi connectivity index (χ3v) is 2.02. The van der Waals surface area contributed by atoms with Crippen molar-refractivity contribution >= 4 is 5.97 Å². The van der Waals surface area contributed by atoms with Gasteiger partial charge in [-0.2, -0.15) is 0 Å². The fourth-order valence-corrected chi connectivity index (χ4v) is 1.05. The van der Waals surface area contributed by atoms with Crippen LogP contribution in [0, 0.1) is 11.3 Å². The van der Waals surface area contributed by atoms with Crippen LogP contribution in [0.15, 0.2) is 0 Å². The summed E-state index contributed by atoms with van der Waals surface area (Å²) >= 11 is 0. The standard InChI is InChI=1S/C11H22O2/c1-6-13-10(12)9(2)7-8-11(3,4)5/h9H,6-8H2,1-5H3. The van der Waals surface area contributed by atoms with Crippen LogP contribution in [0.4, 0.5) is 0 Å². The highest BCUT2D eigenvalue weighted by molar-refractivity contribution is 5.71. The van der Waals surface area contributed by atoms with Gasteiger partial charge in [-0.25, -0.2) is 0 Å². The summed E-state index contributed by atoms with van der Waals surface area (Å²) in [6.07, 6.45) is 1.98. The lowest BCUT2D eigenvalue weighted by Crippen LogP contribution is -2.17. The van der Waals surface area contributed by atoms with E-state index in [9.17, 15) is 4.79 Å². The van der Waals surface area contributed by atoms with Gasteiger partial charge in [-0.3, -0.25) is 4.79 Å². The Balaban J connectivity index is 3.74. The second kappa shape index (κ2) is 5.25. The van der Waals surface area contributed by atoms with E-state index in [-0.39, 0.29) is 11.9 Å². The monoisotopic (exact) mass is 186 g/mol. The van der Waals surface area contributed by atoms with Crippen LogP contribution in [0.2, 0.25) is 0 Å². The summed E-state index contributed by atoms with van der Waals surface area (Å²) in [6, 6.07) is 0. The number of carbonyl (C=O) groups is 1. The Kier molecular flexibility index (Phi) is 5.04. The number of hydrogen-bond acceptors (Lipinski definition) is 2. The van der Waals surface area contributed by atoms with Crippen LogP contribution in [0.3, 0.4) is 0 Å². The van der Waals surface area contributed by atoms with Gasteiger partial charge in [-0.05, 0) is 25.2 Å². The quantitative estimate of drug-likeness (QED) is 0.631. The molecule has 0 aromatic rings. The summed E-state index contributed by atoms with van der Waals surface area (Å²) in [4.78, 5) is 11.2. The van der Waals surface area contributed by atoms with Crippen molar-refractivity contribution in [3.63, 3.8) is 0 Å². The molecule has 0 bridgehead atoms. The van der Waals surface area contributed by atoms with Crippen molar-refractivity contribution in [1.82, 2.24) is 0 Å². The van der Waals surface area contributed by atoms with Gasteiger partial charge in [0.25, 0.3) is 0 Å². The minimum absolute atomic E-state index is 0.0409. The summed E-state index contributed by atoms with van der Waals surface area (Å²) in [7, 11) is 0. The number of rotatable bonds is 4. The maximum atomic E-state index is 11.2. The Hall–Kier alpha value is -0.530. The second-order valence-corrected chi connectivity index (χ2v) is 4.75. The first kappa shape index (κ1) is 12.5. The van der Waals surface area contributed by atoms with Gasteiger partial charge in [-0.1, -0.05) is 27.7 Å². The summed E-state index contributed by atoms with van der Waals surface area (Å²) in [5, 5.41) is 0. The van der Waals surface area contributed by atoms with Gasteiger partial charge < -0.3 is 4.74 Å². The van der Waals surface area contributed by atoms with E-state index in [1.807, 2.05) is 13.8 Å². The molecule has 0 heterocycles. The lowest BCUT2D eigenvalue weighted by Gasteiger charge is -2.19. The highest BCUT2D eigenvalue weighted by Gasteiger charge is 2.17. The number of carbonyl (C=O) groups excluding carboxylic acids is 1. The van der Waals surface area contributed by atoms with Gasteiger partial charge in [-0.15, -0.1) is 0 Å². The zero-order valence-corrected chi connectivity index (χ0v) is 9.52. The summed E-state index contributed by atoms with van der Waals surface area (Å²) in [5.41, 5.74) is 0.306. The van der Waals surface area contributed by atoms with Crippen LogP contribution in [0.1, 0.15) is 47.5 Å². The predicted octanol–water partition coefficient (Wildman–Crippen LogP) is 3.01. The normalized spacial score (nSPS) is 13.9. The number of hydrogen-bond donors (Lipinski definition) is 0. The first-order valence-electron chi connectivity index (χ1n) is 5.03. The number of ether oxygens (including phenoxy) is 1. The van der Waals surface area contributed by atoms with Crippen LogP contribution >= 0.6 is 0 Å². The molecule has 0 aliphatic heterocycles. The van der Waals surface area contributed by atoms with E-state index in [4.69, 9.17) is 4.74 Å². The molecular formula is C11H22O2. The van der Waals surface area contributed by atoms with E-state index in [0.29, 0.717) is 12.0 Å². The molecule has 0 aromatic heterocycles. The van der Waals surface area contributed by atoms with Gasteiger partial charge in [0.05, 0.1) is 12.5 Å². The molecule has 78 valence electrons. The summed E-state index contributed by atoms with van der Waals surface area (Å²) in [6.45, 7) is 10.8. The van der Waals surface area contributed by atoms with Crippen LogP contribution in [0.5, 0.6) is 0 Å². The van der Waals surface area contributed by atoms with Gasteiger partial charge in [0, 0.05) is 0 Å². The van der Waals surface area contributed by atoms with E-state index < -0.39 is 0 Å². The molecule has 0 aliphatic carbocycles. The zero-order chi connectivity index (χ0) is 10.5. The molecule has 13 heavy (non-hydrogen) atoms. The van der Waals surface area contributed by atoms with Crippen molar-refractivity contribution in [3.8, 4) is 0 Å². The average Bonchev–Trinajstić information content (AvgIpc) is 1.99. The van der Waals surface area contributed by atoms with Crippen molar-refractivity contribution in [3.05, 3.63) is 0 Å². The lowest BCUT2D eigenvalue weighted by molar-refractivity contribution is -0.147. The highest BCUT2D eigenvalue weighted by atomic mass is 16.5. The predicted molar refractivity (Wildman–Crippen MR) is 54.5 cm³/mol. The molecule has 0 radical (unpaired) electrons. The van der Waals surface area contributed by atoms with Crippen molar-refractivity contribution in [1.29, 1.82) is 0 Å². The Bertz CT molecular complexity index is 156. The topological polar surface area (TPSA) is 26.3 Å². The fourth-order valence-electron chi connectivity index (χ4n) is 1.05. The zero-order valence-electron chi connectivity index (χ0n) is 9.52. The molecule has 1 unspecified atom stereocenters. The molecular weight excluding hydrogens is 164 g/mol. The molecule has 0 spiro atoms. The van der Waals surface area contributed by atoms with Gasteiger partial charge in [0.1, 0.15) is 0 Å². The minimum atomic E-state index is -0.0632. The van der Waals surface area contributed by atoms with Crippen molar-refractivity contribution in [2.75, 3.05) is 6.61 Å². The fraction of sp³-hybridized carbons (Fsp3) is 0.909. The summed E-state index contributed by atoms with van der Waals surface area (Å²) < 4.78 is 4.93. The Morgan fingerprint density at radius 1 is 1.38 bits per heavy atom. The van der Waals surface area contributed by atoms with E-state index in [2.05, 4.69) is 20.8 Å². The summed E-state index contributed by atoms with van der Waals surface area (Å²) in [5.74, 6) is -0.0223. The van der Waals surface area contributed by atoms with Gasteiger partial charge >= 0.3 is 5.97 Å². The van der Waals surface area contributed by atoms with Crippen molar-refractivity contribution in [2.45, 2.75) is 47.5 Å². The molecule has 0 rings (SSSR count). The third-order valence-electron chi connectivity index (χ3n) is 2.02. The number of esters is 1. The SMILES string of the molecule is CCOC(=O)C(C)CCC(C)(C)C. The Labute approximate surface area is 81.7 Å². The lowest BCUT2D eigenvalue weighted by atomic mass is 9.87. The molecule has 0 saturated carbocycles. The van der Waals surface area contributed by atoms with Crippen LogP contribution < -0.4 is 0 Å². The van der Waals surface area contributed by atoms with E-state index in [0.717, 1.165) is 12.8 Å². The van der Waals surface area contributed by atoms with Crippen molar-refractivity contribution < 1.29 is 9.53 Å². The van der Waals surface area contributed by atoms with Crippen LogP contribution in [-0.2, 0) is 9.53 Å². The smallest absolute Gasteiger partial charge is 0.308 e. The third kappa shape index (κ3) is 6.62. The molecule has 0 N–H and O–H groups in total. The minimum Gasteiger partial charge on any atom is -0.466 e. The molecule has 0 aliphatic rings. The van der Waals surface area contributed by atoms with Gasteiger partial charge in [0.2, 0.25) is 0 Å². The Morgan fingerprint density at radius 2 is 1.92 bits per heavy atom. The van der Waals surface area contributed by atoms with Crippen LogP contribution in [0.25, 0.3) is 0 Å². The van der Waals surface area contributed by atoms with E-state index >= 15 is 0 Å². The maximum absolute atomic E-state index is 11.2. The average molecular weight is 186 g/mol. The van der Waals surface area contributed by atoms with Crippen LogP contribution in [-0.4, -0.2) is 12.6 Å². The second-order valence-electron chi connectivity index (χ2n) is 4.75. The highest BCUT2D eigenvalue weighted by Crippen LogP contribution is 2.23. The molecule has 0 saturated heterocycles. The van der Waals surface area contributed by atoms with E-state index in [1.165, 1.54) is 0 Å². The first-order chi connectivity index (χ1) is 5.87. The molecule has 0 fully saturated rings.